The molecule has 0 aliphatic carbocycles. The molecule has 0 amide bonds. The molecule has 0 aromatic heterocycles. The summed E-state index contributed by atoms with van der Waals surface area (Å²) in [6, 6.07) is 4.65. The van der Waals surface area contributed by atoms with Crippen molar-refractivity contribution in [2.24, 2.45) is 0 Å². The average molecular weight is 275 g/mol. The zero-order valence-electron chi connectivity index (χ0n) is 9.75. The Morgan fingerprint density at radius 3 is 3.00 bits per heavy atom. The first kappa shape index (κ1) is 13.2. The fourth-order valence-electron chi connectivity index (χ4n) is 2.22. The second-order valence-corrected chi connectivity index (χ2v) is 6.52. The van der Waals surface area contributed by atoms with E-state index in [2.05, 4.69) is 0 Å². The van der Waals surface area contributed by atoms with Crippen molar-refractivity contribution in [1.82, 2.24) is 0 Å². The molecule has 1 fully saturated rings. The van der Waals surface area contributed by atoms with Crippen LogP contribution in [0.1, 0.15) is 25.3 Å². The zero-order chi connectivity index (χ0) is 12.5. The van der Waals surface area contributed by atoms with E-state index in [4.69, 9.17) is 11.6 Å². The van der Waals surface area contributed by atoms with E-state index in [0.717, 1.165) is 18.6 Å². The van der Waals surface area contributed by atoms with E-state index in [1.807, 2.05) is 6.92 Å². The Kier molecular flexibility index (Phi) is 4.01. The summed E-state index contributed by atoms with van der Waals surface area (Å²) in [4.78, 5) is 0. The van der Waals surface area contributed by atoms with Gasteiger partial charge in [-0.05, 0) is 36.3 Å². The van der Waals surface area contributed by atoms with E-state index in [-0.39, 0.29) is 11.1 Å². The van der Waals surface area contributed by atoms with Crippen LogP contribution in [0.2, 0.25) is 5.02 Å². The summed E-state index contributed by atoms with van der Waals surface area (Å²) < 4.78 is 13.7. The molecule has 2 atom stereocenters. The van der Waals surface area contributed by atoms with Crippen LogP contribution in [0.5, 0.6) is 0 Å². The monoisotopic (exact) mass is 274 g/mol. The number of benzene rings is 1. The Labute approximate surface area is 110 Å². The second kappa shape index (κ2) is 5.17. The van der Waals surface area contributed by atoms with Gasteiger partial charge in [-0.15, -0.1) is 0 Å². The van der Waals surface area contributed by atoms with Crippen LogP contribution in [-0.4, -0.2) is 21.7 Å². The average Bonchev–Trinajstić information content (AvgIpc) is 2.27. The summed E-state index contributed by atoms with van der Waals surface area (Å²) >= 11 is 7.47. The Balaban J connectivity index is 2.19. The molecule has 2 unspecified atom stereocenters. The van der Waals surface area contributed by atoms with Crippen molar-refractivity contribution in [3.05, 3.63) is 34.6 Å². The Bertz CT molecular complexity index is 412. The third-order valence-electron chi connectivity index (χ3n) is 3.39. The molecule has 1 aliphatic heterocycles. The fourth-order valence-corrected chi connectivity index (χ4v) is 3.56. The van der Waals surface area contributed by atoms with E-state index < -0.39 is 5.60 Å². The lowest BCUT2D eigenvalue weighted by Gasteiger charge is -2.37. The standard InChI is InChI=1S/C13H16ClFOS/c1-9-13(16,5-2-6-17-9)8-10-3-4-11(14)7-12(10)15/h3-4,7,9,16H,2,5-6,8H2,1H3. The smallest absolute Gasteiger partial charge is 0.127 e. The maximum atomic E-state index is 13.7. The minimum Gasteiger partial charge on any atom is -0.388 e. The van der Waals surface area contributed by atoms with E-state index in [1.165, 1.54) is 6.07 Å². The highest BCUT2D eigenvalue weighted by Crippen LogP contribution is 2.36. The van der Waals surface area contributed by atoms with E-state index in [0.29, 0.717) is 17.0 Å². The van der Waals surface area contributed by atoms with Crippen LogP contribution in [0, 0.1) is 5.82 Å². The number of rotatable bonds is 2. The van der Waals surface area contributed by atoms with Gasteiger partial charge < -0.3 is 5.11 Å². The van der Waals surface area contributed by atoms with Crippen molar-refractivity contribution < 1.29 is 9.50 Å². The normalized spacial score (nSPS) is 29.3. The highest BCUT2D eigenvalue weighted by atomic mass is 35.5. The molecule has 0 bridgehead atoms. The van der Waals surface area contributed by atoms with Crippen molar-refractivity contribution in [3.63, 3.8) is 0 Å². The van der Waals surface area contributed by atoms with Gasteiger partial charge in [0.2, 0.25) is 0 Å². The van der Waals surface area contributed by atoms with Crippen LogP contribution in [0.25, 0.3) is 0 Å². The van der Waals surface area contributed by atoms with Gasteiger partial charge in [0, 0.05) is 16.7 Å². The van der Waals surface area contributed by atoms with Gasteiger partial charge in [0.25, 0.3) is 0 Å². The third kappa shape index (κ3) is 2.95. The molecule has 2 rings (SSSR count). The minimum atomic E-state index is -0.794. The second-order valence-electron chi connectivity index (χ2n) is 4.63. The lowest BCUT2D eigenvalue weighted by molar-refractivity contribution is 0.0290. The summed E-state index contributed by atoms with van der Waals surface area (Å²) in [5, 5.41) is 11.1. The summed E-state index contributed by atoms with van der Waals surface area (Å²) in [6.07, 6.45) is 2.09. The molecule has 0 spiro atoms. The largest absolute Gasteiger partial charge is 0.388 e. The predicted molar refractivity (Wildman–Crippen MR) is 71.2 cm³/mol. The summed E-state index contributed by atoms with van der Waals surface area (Å²) in [6.45, 7) is 2.01. The molecule has 17 heavy (non-hydrogen) atoms. The van der Waals surface area contributed by atoms with Gasteiger partial charge in [0.1, 0.15) is 5.82 Å². The molecule has 0 radical (unpaired) electrons. The lowest BCUT2D eigenvalue weighted by atomic mass is 9.87. The quantitative estimate of drug-likeness (QED) is 0.888. The van der Waals surface area contributed by atoms with Crippen LogP contribution in [0.15, 0.2) is 18.2 Å². The maximum Gasteiger partial charge on any atom is 0.127 e. The molecule has 4 heteroatoms. The minimum absolute atomic E-state index is 0.145. The number of hydrogen-bond donors (Lipinski definition) is 1. The maximum absolute atomic E-state index is 13.7. The molecule has 1 heterocycles. The van der Waals surface area contributed by atoms with Gasteiger partial charge in [-0.25, -0.2) is 4.39 Å². The molecule has 1 aromatic carbocycles. The molecule has 0 saturated carbocycles. The van der Waals surface area contributed by atoms with Gasteiger partial charge in [-0.3, -0.25) is 0 Å². The molecule has 1 nitrogen and oxygen atoms in total. The van der Waals surface area contributed by atoms with Crippen LogP contribution < -0.4 is 0 Å². The number of hydrogen-bond acceptors (Lipinski definition) is 2. The molecular formula is C13H16ClFOS. The molecular weight excluding hydrogens is 259 g/mol. The van der Waals surface area contributed by atoms with E-state index in [1.54, 1.807) is 23.9 Å². The van der Waals surface area contributed by atoms with Gasteiger partial charge in [0.15, 0.2) is 0 Å². The van der Waals surface area contributed by atoms with Gasteiger partial charge >= 0.3 is 0 Å². The molecule has 1 aliphatic rings. The number of aliphatic hydroxyl groups is 1. The number of halogens is 2. The van der Waals surface area contributed by atoms with Gasteiger partial charge in [0.05, 0.1) is 5.60 Å². The van der Waals surface area contributed by atoms with Crippen LogP contribution in [0.3, 0.4) is 0 Å². The highest BCUT2D eigenvalue weighted by molar-refractivity contribution is 8.00. The lowest BCUT2D eigenvalue weighted by Crippen LogP contribution is -2.43. The molecule has 1 N–H and O–H groups in total. The third-order valence-corrected chi connectivity index (χ3v) is 5.09. The van der Waals surface area contributed by atoms with Crippen molar-refractivity contribution in [2.45, 2.75) is 37.0 Å². The van der Waals surface area contributed by atoms with Crippen molar-refractivity contribution in [1.29, 1.82) is 0 Å². The summed E-state index contributed by atoms with van der Waals surface area (Å²) in [7, 11) is 0. The molecule has 1 aromatic rings. The molecule has 94 valence electrons. The van der Waals surface area contributed by atoms with Gasteiger partial charge in [-0.2, -0.15) is 11.8 Å². The van der Waals surface area contributed by atoms with Gasteiger partial charge in [-0.1, -0.05) is 24.6 Å². The Morgan fingerprint density at radius 1 is 1.59 bits per heavy atom. The zero-order valence-corrected chi connectivity index (χ0v) is 11.3. The summed E-state index contributed by atoms with van der Waals surface area (Å²) in [5.74, 6) is 0.751. The number of thioether (sulfide) groups is 1. The van der Waals surface area contributed by atoms with E-state index >= 15 is 0 Å². The first-order valence-electron chi connectivity index (χ1n) is 5.79. The van der Waals surface area contributed by atoms with Crippen LogP contribution in [-0.2, 0) is 6.42 Å². The van der Waals surface area contributed by atoms with Crippen molar-refractivity contribution in [3.8, 4) is 0 Å². The SMILES string of the molecule is CC1SCCCC1(O)Cc1ccc(Cl)cc1F. The first-order valence-corrected chi connectivity index (χ1v) is 7.22. The molecule has 1 saturated heterocycles. The highest BCUT2D eigenvalue weighted by Gasteiger charge is 2.37. The topological polar surface area (TPSA) is 20.2 Å². The first-order chi connectivity index (χ1) is 8.01. The van der Waals surface area contributed by atoms with Crippen molar-refractivity contribution >= 4 is 23.4 Å². The Hall–Kier alpha value is -0.250. The van der Waals surface area contributed by atoms with Crippen LogP contribution >= 0.6 is 23.4 Å². The van der Waals surface area contributed by atoms with E-state index in [9.17, 15) is 9.50 Å². The van der Waals surface area contributed by atoms with Crippen LogP contribution in [0.4, 0.5) is 4.39 Å². The summed E-state index contributed by atoms with van der Waals surface area (Å²) in [5.41, 5.74) is -0.247. The fraction of sp³-hybridized carbons (Fsp3) is 0.538. The Morgan fingerprint density at radius 2 is 2.35 bits per heavy atom. The predicted octanol–water partition coefficient (Wildman–Crippen LogP) is 3.67. The van der Waals surface area contributed by atoms with Crippen molar-refractivity contribution in [2.75, 3.05) is 5.75 Å².